The lowest BCUT2D eigenvalue weighted by molar-refractivity contribution is -0.141. The summed E-state index contributed by atoms with van der Waals surface area (Å²) in [5.74, 6) is 6.52. The van der Waals surface area contributed by atoms with E-state index in [1.54, 1.807) is 6.20 Å². The van der Waals surface area contributed by atoms with Crippen molar-refractivity contribution in [2.24, 2.45) is 5.92 Å². The van der Waals surface area contributed by atoms with E-state index in [1.807, 2.05) is 35.0 Å². The van der Waals surface area contributed by atoms with E-state index < -0.39 is 5.97 Å². The molecule has 4 rings (SSSR count). The molecule has 6 nitrogen and oxygen atoms in total. The number of hydrogen-bond acceptors (Lipinski definition) is 4. The number of carboxylic acid groups (broad SMARTS) is 1. The molecule has 1 atom stereocenters. The molecule has 2 aromatic heterocycles. The van der Waals surface area contributed by atoms with Gasteiger partial charge in [-0.05, 0) is 42.0 Å². The lowest BCUT2D eigenvalue weighted by Crippen LogP contribution is -2.12. The smallest absolute Gasteiger partial charge is 0.307 e. The predicted molar refractivity (Wildman–Crippen MR) is 98.2 cm³/mol. The standard InChI is InChI=1S/C21H19N3O3/c1-2-20-22-7-8-24(20)13-18-12-19(27-23-18)6-4-14-3-5-15-10-17(21(25)26)11-16(15)9-14/h3,5,7-9,12,17H,2,10-11,13H2,1H3,(H,25,26). The Morgan fingerprint density at radius 3 is 2.96 bits per heavy atom. The number of fused-ring (bicyclic) bond motifs is 1. The van der Waals surface area contributed by atoms with E-state index >= 15 is 0 Å². The zero-order valence-electron chi connectivity index (χ0n) is 15.0. The van der Waals surface area contributed by atoms with E-state index in [1.165, 1.54) is 0 Å². The van der Waals surface area contributed by atoms with E-state index in [0.717, 1.165) is 34.6 Å². The Labute approximate surface area is 156 Å². The van der Waals surface area contributed by atoms with Gasteiger partial charge in [-0.2, -0.15) is 0 Å². The van der Waals surface area contributed by atoms with Gasteiger partial charge in [-0.25, -0.2) is 4.98 Å². The van der Waals surface area contributed by atoms with Gasteiger partial charge in [0.15, 0.2) is 0 Å². The second-order valence-corrected chi connectivity index (χ2v) is 6.68. The van der Waals surface area contributed by atoms with Crippen LogP contribution in [0.15, 0.2) is 41.2 Å². The van der Waals surface area contributed by atoms with Crippen molar-refractivity contribution in [1.82, 2.24) is 14.7 Å². The maximum atomic E-state index is 11.2. The molecule has 1 unspecified atom stereocenters. The highest BCUT2D eigenvalue weighted by molar-refractivity contribution is 5.72. The van der Waals surface area contributed by atoms with Crippen molar-refractivity contribution >= 4 is 5.97 Å². The van der Waals surface area contributed by atoms with Gasteiger partial charge < -0.3 is 14.2 Å². The molecule has 136 valence electrons. The summed E-state index contributed by atoms with van der Waals surface area (Å²) in [5.41, 5.74) is 3.81. The summed E-state index contributed by atoms with van der Waals surface area (Å²) in [5, 5.41) is 13.3. The zero-order valence-corrected chi connectivity index (χ0v) is 15.0. The Hall–Kier alpha value is -3.33. The van der Waals surface area contributed by atoms with Crippen LogP contribution in [0, 0.1) is 17.8 Å². The van der Waals surface area contributed by atoms with Gasteiger partial charge in [0.1, 0.15) is 11.5 Å². The first-order valence-electron chi connectivity index (χ1n) is 8.94. The molecule has 0 fully saturated rings. The Morgan fingerprint density at radius 2 is 2.15 bits per heavy atom. The van der Waals surface area contributed by atoms with Crippen molar-refractivity contribution < 1.29 is 14.4 Å². The summed E-state index contributed by atoms with van der Waals surface area (Å²) in [6.07, 6.45) is 5.73. The van der Waals surface area contributed by atoms with E-state index in [2.05, 4.69) is 28.9 Å². The van der Waals surface area contributed by atoms with Crippen molar-refractivity contribution in [2.75, 3.05) is 0 Å². The van der Waals surface area contributed by atoms with Gasteiger partial charge in [-0.15, -0.1) is 0 Å². The predicted octanol–water partition coefficient (Wildman–Crippen LogP) is 2.68. The van der Waals surface area contributed by atoms with Crippen molar-refractivity contribution in [3.8, 4) is 11.8 Å². The van der Waals surface area contributed by atoms with E-state index in [4.69, 9.17) is 4.52 Å². The van der Waals surface area contributed by atoms with Crippen LogP contribution in [0.4, 0.5) is 0 Å². The highest BCUT2D eigenvalue weighted by atomic mass is 16.5. The number of benzene rings is 1. The first-order chi connectivity index (χ1) is 13.1. The minimum absolute atomic E-state index is 0.323. The summed E-state index contributed by atoms with van der Waals surface area (Å²) >= 11 is 0. The summed E-state index contributed by atoms with van der Waals surface area (Å²) in [7, 11) is 0. The van der Waals surface area contributed by atoms with Crippen molar-refractivity contribution in [2.45, 2.75) is 32.7 Å². The van der Waals surface area contributed by atoms with Crippen LogP contribution in [-0.4, -0.2) is 25.8 Å². The average molecular weight is 361 g/mol. The molecule has 0 spiro atoms. The molecule has 2 heterocycles. The van der Waals surface area contributed by atoms with Crippen LogP contribution in [0.3, 0.4) is 0 Å². The summed E-state index contributed by atoms with van der Waals surface area (Å²) < 4.78 is 7.35. The Balaban J connectivity index is 1.47. The molecular formula is C21H19N3O3. The Kier molecular flexibility index (Phi) is 4.51. The van der Waals surface area contributed by atoms with Gasteiger partial charge in [-0.1, -0.05) is 24.1 Å². The maximum Gasteiger partial charge on any atom is 0.307 e. The number of aliphatic carboxylic acids is 1. The largest absolute Gasteiger partial charge is 0.481 e. The monoisotopic (exact) mass is 361 g/mol. The first kappa shape index (κ1) is 17.1. The van der Waals surface area contributed by atoms with Crippen LogP contribution in [0.2, 0.25) is 0 Å². The molecule has 0 bridgehead atoms. The highest BCUT2D eigenvalue weighted by Gasteiger charge is 2.26. The van der Waals surface area contributed by atoms with Gasteiger partial charge in [0, 0.05) is 30.4 Å². The molecule has 0 amide bonds. The summed E-state index contributed by atoms with van der Waals surface area (Å²) in [4.78, 5) is 15.5. The van der Waals surface area contributed by atoms with Crippen LogP contribution >= 0.6 is 0 Å². The molecule has 1 aromatic carbocycles. The molecule has 1 aliphatic carbocycles. The van der Waals surface area contributed by atoms with Crippen LogP contribution in [-0.2, 0) is 30.6 Å². The van der Waals surface area contributed by atoms with Gasteiger partial charge in [0.25, 0.3) is 0 Å². The number of aryl methyl sites for hydroxylation is 1. The van der Waals surface area contributed by atoms with Gasteiger partial charge >= 0.3 is 5.97 Å². The first-order valence-corrected chi connectivity index (χ1v) is 8.94. The average Bonchev–Trinajstić information content (AvgIpc) is 3.39. The molecule has 0 saturated heterocycles. The SMILES string of the molecule is CCc1nccn1Cc1cc(C#Cc2ccc3c(c2)CC(C(=O)O)C3)on1. The highest BCUT2D eigenvalue weighted by Crippen LogP contribution is 2.27. The lowest BCUT2D eigenvalue weighted by atomic mass is 10.1. The molecule has 1 N–H and O–H groups in total. The quantitative estimate of drug-likeness (QED) is 0.723. The van der Waals surface area contributed by atoms with Gasteiger partial charge in [0.05, 0.1) is 12.5 Å². The maximum absolute atomic E-state index is 11.2. The fraction of sp³-hybridized carbons (Fsp3) is 0.286. The third-order valence-corrected chi connectivity index (χ3v) is 4.83. The summed E-state index contributed by atoms with van der Waals surface area (Å²) in [6.45, 7) is 2.66. The fourth-order valence-electron chi connectivity index (χ4n) is 3.42. The number of imidazole rings is 1. The van der Waals surface area contributed by atoms with Gasteiger partial charge in [0.2, 0.25) is 5.76 Å². The Bertz CT molecular complexity index is 1050. The third kappa shape index (κ3) is 3.63. The van der Waals surface area contributed by atoms with Crippen LogP contribution in [0.1, 0.15) is 40.9 Å². The molecular weight excluding hydrogens is 342 g/mol. The van der Waals surface area contributed by atoms with Crippen LogP contribution in [0.25, 0.3) is 0 Å². The second-order valence-electron chi connectivity index (χ2n) is 6.68. The number of carboxylic acids is 1. The molecule has 6 heteroatoms. The molecule has 0 saturated carbocycles. The molecule has 0 radical (unpaired) electrons. The van der Waals surface area contributed by atoms with Crippen LogP contribution in [0.5, 0.6) is 0 Å². The zero-order chi connectivity index (χ0) is 18.8. The van der Waals surface area contributed by atoms with Gasteiger partial charge in [-0.3, -0.25) is 4.79 Å². The van der Waals surface area contributed by atoms with Crippen molar-refractivity contribution in [3.05, 3.63) is 70.6 Å². The minimum atomic E-state index is -0.739. The topological polar surface area (TPSA) is 81.2 Å². The fourth-order valence-corrected chi connectivity index (χ4v) is 3.42. The number of carbonyl (C=O) groups is 1. The lowest BCUT2D eigenvalue weighted by Gasteiger charge is -2.02. The summed E-state index contributed by atoms with van der Waals surface area (Å²) in [6, 6.07) is 7.70. The van der Waals surface area contributed by atoms with E-state index in [9.17, 15) is 9.90 Å². The number of aromatic nitrogens is 3. The normalized spacial score (nSPS) is 15.2. The molecule has 0 aliphatic heterocycles. The second kappa shape index (κ2) is 7.12. The number of rotatable bonds is 4. The molecule has 1 aliphatic rings. The third-order valence-electron chi connectivity index (χ3n) is 4.83. The number of nitrogens with zero attached hydrogens (tertiary/aromatic N) is 3. The van der Waals surface area contributed by atoms with E-state index in [0.29, 0.717) is 25.1 Å². The molecule has 3 aromatic rings. The van der Waals surface area contributed by atoms with Crippen LogP contribution < -0.4 is 0 Å². The Morgan fingerprint density at radius 1 is 1.30 bits per heavy atom. The minimum Gasteiger partial charge on any atom is -0.481 e. The van der Waals surface area contributed by atoms with Crippen molar-refractivity contribution in [3.63, 3.8) is 0 Å². The van der Waals surface area contributed by atoms with Crippen molar-refractivity contribution in [1.29, 1.82) is 0 Å². The molecule has 27 heavy (non-hydrogen) atoms. The number of hydrogen-bond donors (Lipinski definition) is 1. The van der Waals surface area contributed by atoms with E-state index in [-0.39, 0.29) is 5.92 Å².